The van der Waals surface area contributed by atoms with Gasteiger partial charge < -0.3 is 52.5 Å². The summed E-state index contributed by atoms with van der Waals surface area (Å²) in [7, 11) is -0.650. The summed E-state index contributed by atoms with van der Waals surface area (Å²) in [6.45, 7) is 13.9. The second-order valence-corrected chi connectivity index (χ2v) is 18.4. The minimum Gasteiger partial charge on any atom is -0.404 e. The van der Waals surface area contributed by atoms with Crippen LogP contribution >= 0.6 is 0 Å². The highest BCUT2D eigenvalue weighted by Crippen LogP contribution is 2.65. The van der Waals surface area contributed by atoms with Crippen LogP contribution in [-0.2, 0) is 34.9 Å². The number of amides is 5. The lowest BCUT2D eigenvalue weighted by atomic mass is 9.43. The van der Waals surface area contributed by atoms with E-state index in [-0.39, 0.29) is 24.5 Å². The van der Waals surface area contributed by atoms with E-state index in [9.17, 15) is 29.1 Å². The normalized spacial score (nSPS) is 23.9. The molecule has 3 aliphatic carbocycles. The maximum Gasteiger partial charge on any atom is 0.481 e. The summed E-state index contributed by atoms with van der Waals surface area (Å²) in [6, 6.07) is 10.6. The van der Waals surface area contributed by atoms with Gasteiger partial charge in [-0.05, 0) is 138 Å². The lowest BCUT2D eigenvalue weighted by Crippen LogP contribution is -2.65. The zero-order valence-corrected chi connectivity index (χ0v) is 37.6. The van der Waals surface area contributed by atoms with Crippen LogP contribution in [0.1, 0.15) is 116 Å². The third-order valence-electron chi connectivity index (χ3n) is 13.5. The number of unbranched alkanes of at least 4 members (excludes halogenated alkanes) is 2. The van der Waals surface area contributed by atoms with Crippen molar-refractivity contribution >= 4 is 36.7 Å². The maximum atomic E-state index is 13.7. The van der Waals surface area contributed by atoms with Gasteiger partial charge in [0.25, 0.3) is 5.91 Å². The fraction of sp³-hybridized carbons (Fsp3) is 0.630. The van der Waals surface area contributed by atoms with Gasteiger partial charge in [-0.3, -0.25) is 24.0 Å². The van der Waals surface area contributed by atoms with Crippen molar-refractivity contribution < 1.29 is 38.4 Å². The standard InChI is InChI=1S/C46H70BN7O8/c1-8-9-12-30-14-16-31(17-15-30)32-18-20-33(21-19-32)41(57)53-36(22-24-49)43(59)54-39(28(3)55)44(60)50-27(2)40(56)52-35(13-10-11-23-48)42(58)51-29(4)47-61-38-26-34-25-37(45(34,5)6)46(38,7)62-47/h14-21,27-29,34-39,55H,8-13,22-26,48-49H2,1-7H3,(H,50,60)(H,51,58)(H,52,56)(H,53,57)(H,54,59)/t27-,28-,29-,34-,35-,36-,37-,38+,39-,46-/m0/s1. The SMILES string of the molecule is CCCCc1ccc(-c2ccc(C(=O)N[C@@H](CCN)C(=O)N[C@H](C(=O)N[C@@H](C)C(=O)N[C@@H](CCCCN)C(=O)N[C@@H](C)B3O[C@@H]4C[C@@H]5C[C@@H](C5(C)C)[C@]4(C)O3)[C@H](C)O)cc2)cc1. The molecule has 0 spiro atoms. The molecule has 15 nitrogen and oxygen atoms in total. The Kier molecular flexibility index (Phi) is 16.8. The van der Waals surface area contributed by atoms with Gasteiger partial charge in [0.1, 0.15) is 24.2 Å². The average Bonchev–Trinajstić information content (AvgIpc) is 3.61. The first kappa shape index (κ1) is 48.7. The van der Waals surface area contributed by atoms with Gasteiger partial charge >= 0.3 is 7.12 Å². The van der Waals surface area contributed by atoms with Crippen LogP contribution < -0.4 is 38.1 Å². The van der Waals surface area contributed by atoms with Gasteiger partial charge in [-0.15, -0.1) is 0 Å². The molecule has 1 saturated heterocycles. The van der Waals surface area contributed by atoms with E-state index in [1.807, 2.05) is 19.1 Å². The lowest BCUT2D eigenvalue weighted by molar-refractivity contribution is -0.199. The van der Waals surface area contributed by atoms with Crippen LogP contribution in [0.25, 0.3) is 11.1 Å². The summed E-state index contributed by atoms with van der Waals surface area (Å²) in [5, 5.41) is 24.1. The molecule has 10 N–H and O–H groups in total. The monoisotopic (exact) mass is 860 g/mol. The second-order valence-electron chi connectivity index (χ2n) is 18.4. The molecule has 10 atom stereocenters. The number of carbonyl (C=O) groups is 5. The zero-order chi connectivity index (χ0) is 45.4. The molecule has 1 aliphatic heterocycles. The lowest BCUT2D eigenvalue weighted by Gasteiger charge is -2.64. The number of aliphatic hydroxyl groups is 1. The molecule has 62 heavy (non-hydrogen) atoms. The molecule has 6 rings (SSSR count). The topological polar surface area (TPSA) is 236 Å². The summed E-state index contributed by atoms with van der Waals surface area (Å²) >= 11 is 0. The highest BCUT2D eigenvalue weighted by atomic mass is 16.7. The predicted octanol–water partition coefficient (Wildman–Crippen LogP) is 2.90. The fourth-order valence-corrected chi connectivity index (χ4v) is 9.33. The molecule has 0 unspecified atom stereocenters. The van der Waals surface area contributed by atoms with E-state index in [0.717, 1.165) is 43.2 Å². The average molecular weight is 860 g/mol. The summed E-state index contributed by atoms with van der Waals surface area (Å²) in [6.07, 6.45) is 5.41. The Morgan fingerprint density at radius 1 is 0.758 bits per heavy atom. The summed E-state index contributed by atoms with van der Waals surface area (Å²) < 4.78 is 12.9. The number of benzene rings is 2. The van der Waals surface area contributed by atoms with Crippen molar-refractivity contribution in [3.05, 3.63) is 59.7 Å². The molecular formula is C46H70BN7O8. The van der Waals surface area contributed by atoms with Crippen LogP contribution in [0.15, 0.2) is 48.5 Å². The minimum absolute atomic E-state index is 0.0486. The highest BCUT2D eigenvalue weighted by molar-refractivity contribution is 6.47. The van der Waals surface area contributed by atoms with Crippen LogP contribution in [0.2, 0.25) is 0 Å². The van der Waals surface area contributed by atoms with Crippen LogP contribution in [-0.4, -0.2) is 103 Å². The van der Waals surface area contributed by atoms with Gasteiger partial charge in [-0.25, -0.2) is 0 Å². The second kappa shape index (κ2) is 21.4. The summed E-state index contributed by atoms with van der Waals surface area (Å²) in [5.41, 5.74) is 14.8. The number of carbonyl (C=O) groups excluding carboxylic acids is 5. The third kappa shape index (κ3) is 11.4. The molecule has 4 fully saturated rings. The Labute approximate surface area is 367 Å². The molecule has 0 aromatic heterocycles. The molecule has 1 heterocycles. The van der Waals surface area contributed by atoms with Gasteiger partial charge in [0.2, 0.25) is 23.6 Å². The summed E-state index contributed by atoms with van der Waals surface area (Å²) in [5.74, 6) is -2.74. The number of hydrogen-bond donors (Lipinski definition) is 8. The van der Waals surface area contributed by atoms with Crippen molar-refractivity contribution in [3.63, 3.8) is 0 Å². The van der Waals surface area contributed by atoms with Crippen LogP contribution in [0.5, 0.6) is 0 Å². The number of aryl methyl sites for hydroxylation is 1. The van der Waals surface area contributed by atoms with E-state index < -0.39 is 78.5 Å². The first-order valence-corrected chi connectivity index (χ1v) is 22.6. The molecule has 2 bridgehead atoms. The van der Waals surface area contributed by atoms with Crippen molar-refractivity contribution in [3.8, 4) is 11.1 Å². The highest BCUT2D eigenvalue weighted by Gasteiger charge is 2.68. The van der Waals surface area contributed by atoms with Crippen molar-refractivity contribution in [2.45, 2.75) is 154 Å². The van der Waals surface area contributed by atoms with Crippen molar-refractivity contribution in [2.75, 3.05) is 13.1 Å². The molecular weight excluding hydrogens is 789 g/mol. The van der Waals surface area contributed by atoms with E-state index in [0.29, 0.717) is 43.2 Å². The molecule has 340 valence electrons. The Morgan fingerprint density at radius 2 is 1.39 bits per heavy atom. The fourth-order valence-electron chi connectivity index (χ4n) is 9.33. The predicted molar refractivity (Wildman–Crippen MR) is 239 cm³/mol. The molecule has 4 aliphatic rings. The molecule has 5 amide bonds. The number of hydrogen-bond acceptors (Lipinski definition) is 10. The largest absolute Gasteiger partial charge is 0.481 e. The quantitative estimate of drug-likeness (QED) is 0.0637. The van der Waals surface area contributed by atoms with E-state index in [1.54, 1.807) is 12.1 Å². The Hall–Kier alpha value is -4.35. The van der Waals surface area contributed by atoms with Crippen molar-refractivity contribution in [1.29, 1.82) is 0 Å². The Bertz CT molecular complexity index is 1860. The minimum atomic E-state index is -1.49. The molecule has 2 aromatic carbocycles. The maximum absolute atomic E-state index is 13.7. The molecule has 3 saturated carbocycles. The smallest absolute Gasteiger partial charge is 0.404 e. The molecule has 16 heteroatoms. The molecule has 2 aromatic rings. The van der Waals surface area contributed by atoms with Crippen LogP contribution in [0.4, 0.5) is 0 Å². The van der Waals surface area contributed by atoms with E-state index in [2.05, 4.69) is 78.5 Å². The van der Waals surface area contributed by atoms with E-state index in [4.69, 9.17) is 20.8 Å². The van der Waals surface area contributed by atoms with Crippen molar-refractivity contribution in [1.82, 2.24) is 26.6 Å². The summed E-state index contributed by atoms with van der Waals surface area (Å²) in [4.78, 5) is 67.5. The molecule has 0 radical (unpaired) electrons. The number of nitrogens with one attached hydrogen (secondary N) is 5. The number of rotatable bonds is 22. The van der Waals surface area contributed by atoms with Crippen LogP contribution in [0, 0.1) is 17.3 Å². The number of aliphatic hydroxyl groups excluding tert-OH is 1. The first-order valence-electron chi connectivity index (χ1n) is 22.6. The van der Waals surface area contributed by atoms with Gasteiger partial charge in [0, 0.05) is 5.56 Å². The first-order chi connectivity index (χ1) is 29.4. The van der Waals surface area contributed by atoms with Gasteiger partial charge in [-0.2, -0.15) is 0 Å². The van der Waals surface area contributed by atoms with E-state index in [1.165, 1.54) is 19.4 Å². The third-order valence-corrected chi connectivity index (χ3v) is 13.5. The van der Waals surface area contributed by atoms with Gasteiger partial charge in [0.15, 0.2) is 0 Å². The van der Waals surface area contributed by atoms with Crippen LogP contribution in [0.3, 0.4) is 0 Å². The van der Waals surface area contributed by atoms with Gasteiger partial charge in [0.05, 0.1) is 23.8 Å². The zero-order valence-electron chi connectivity index (χ0n) is 37.6. The number of nitrogens with two attached hydrogens (primary N) is 2. The van der Waals surface area contributed by atoms with E-state index >= 15 is 0 Å². The Balaban J connectivity index is 1.15. The Morgan fingerprint density at radius 3 is 1.98 bits per heavy atom. The van der Waals surface area contributed by atoms with Gasteiger partial charge in [-0.1, -0.05) is 63.6 Å². The van der Waals surface area contributed by atoms with Crippen molar-refractivity contribution in [2.24, 2.45) is 28.7 Å².